The molecule has 2 atom stereocenters. The summed E-state index contributed by atoms with van der Waals surface area (Å²) in [4.78, 5) is 23.6. The molecule has 21 heavy (non-hydrogen) atoms. The highest BCUT2D eigenvalue weighted by Gasteiger charge is 2.35. The van der Waals surface area contributed by atoms with Crippen LogP contribution in [0, 0.1) is 11.8 Å². The molecule has 2 unspecified atom stereocenters. The Morgan fingerprint density at radius 2 is 1.95 bits per heavy atom. The van der Waals surface area contributed by atoms with Crippen molar-refractivity contribution in [2.75, 3.05) is 12.4 Å². The minimum absolute atomic E-state index is 0.258. The molecule has 0 saturated heterocycles. The molecule has 1 aliphatic rings. The van der Waals surface area contributed by atoms with Gasteiger partial charge in [-0.15, -0.1) is 0 Å². The standard InChI is InChI=1S/C15H18ClNO4/c1-21-13-8-9(6-7-12(13)16)17-14(18)10-4-2-3-5-11(10)15(19)20/h6-8,10-11H,2-5H2,1H3,(H,17,18)(H,19,20). The molecule has 1 saturated carbocycles. The van der Waals surface area contributed by atoms with E-state index in [9.17, 15) is 14.7 Å². The fraction of sp³-hybridized carbons (Fsp3) is 0.467. The molecule has 0 radical (unpaired) electrons. The number of methoxy groups -OCH3 is 1. The van der Waals surface area contributed by atoms with E-state index in [1.165, 1.54) is 7.11 Å². The van der Waals surface area contributed by atoms with E-state index in [1.807, 2.05) is 0 Å². The first-order chi connectivity index (χ1) is 10.0. The van der Waals surface area contributed by atoms with E-state index < -0.39 is 17.8 Å². The smallest absolute Gasteiger partial charge is 0.307 e. The summed E-state index contributed by atoms with van der Waals surface area (Å²) in [6.07, 6.45) is 2.90. The second-order valence-corrected chi connectivity index (χ2v) is 5.58. The van der Waals surface area contributed by atoms with E-state index in [0.29, 0.717) is 29.3 Å². The maximum Gasteiger partial charge on any atom is 0.307 e. The van der Waals surface area contributed by atoms with Crippen molar-refractivity contribution in [1.82, 2.24) is 0 Å². The average molecular weight is 312 g/mol. The first kappa shape index (κ1) is 15.6. The molecule has 6 heteroatoms. The summed E-state index contributed by atoms with van der Waals surface area (Å²) < 4.78 is 5.09. The summed E-state index contributed by atoms with van der Waals surface area (Å²) in [5.41, 5.74) is 0.552. The Morgan fingerprint density at radius 3 is 2.57 bits per heavy atom. The summed E-state index contributed by atoms with van der Waals surface area (Å²) in [5.74, 6) is -1.78. The van der Waals surface area contributed by atoms with Crippen LogP contribution >= 0.6 is 11.6 Å². The molecule has 2 rings (SSSR count). The lowest BCUT2D eigenvalue weighted by molar-refractivity contribution is -0.147. The van der Waals surface area contributed by atoms with Crippen molar-refractivity contribution in [3.8, 4) is 5.75 Å². The highest BCUT2D eigenvalue weighted by atomic mass is 35.5. The van der Waals surface area contributed by atoms with Gasteiger partial charge in [0.2, 0.25) is 5.91 Å². The molecular weight excluding hydrogens is 294 g/mol. The van der Waals surface area contributed by atoms with Crippen LogP contribution in [0.25, 0.3) is 0 Å². The van der Waals surface area contributed by atoms with E-state index in [0.717, 1.165) is 12.8 Å². The Hall–Kier alpha value is -1.75. The van der Waals surface area contributed by atoms with Crippen LogP contribution in [0.5, 0.6) is 5.75 Å². The lowest BCUT2D eigenvalue weighted by Crippen LogP contribution is -2.36. The van der Waals surface area contributed by atoms with Gasteiger partial charge in [0.15, 0.2) is 0 Å². The first-order valence-electron chi connectivity index (χ1n) is 6.90. The molecule has 0 bridgehead atoms. The number of carbonyl (C=O) groups is 2. The monoisotopic (exact) mass is 311 g/mol. The van der Waals surface area contributed by atoms with E-state index in [-0.39, 0.29) is 5.91 Å². The van der Waals surface area contributed by atoms with Gasteiger partial charge in [0.25, 0.3) is 0 Å². The Balaban J connectivity index is 2.11. The number of benzene rings is 1. The van der Waals surface area contributed by atoms with Crippen LogP contribution in [0.4, 0.5) is 5.69 Å². The lowest BCUT2D eigenvalue weighted by Gasteiger charge is -2.27. The number of carbonyl (C=O) groups excluding carboxylic acids is 1. The van der Waals surface area contributed by atoms with Gasteiger partial charge in [0.05, 0.1) is 24.0 Å². The van der Waals surface area contributed by atoms with Crippen LogP contribution in [0.15, 0.2) is 18.2 Å². The lowest BCUT2D eigenvalue weighted by atomic mass is 9.78. The molecule has 1 aromatic rings. The molecule has 1 aromatic carbocycles. The minimum atomic E-state index is -0.900. The average Bonchev–Trinajstić information content (AvgIpc) is 2.49. The zero-order valence-corrected chi connectivity index (χ0v) is 12.5. The number of ether oxygens (including phenoxy) is 1. The maximum absolute atomic E-state index is 12.3. The van der Waals surface area contributed by atoms with Crippen molar-refractivity contribution in [3.63, 3.8) is 0 Å². The van der Waals surface area contributed by atoms with Crippen molar-refractivity contribution in [1.29, 1.82) is 0 Å². The van der Waals surface area contributed by atoms with Crippen LogP contribution in [-0.4, -0.2) is 24.1 Å². The summed E-state index contributed by atoms with van der Waals surface area (Å²) in [6, 6.07) is 4.92. The molecule has 0 aliphatic heterocycles. The molecule has 1 amide bonds. The van der Waals surface area contributed by atoms with Gasteiger partial charge in [0.1, 0.15) is 5.75 Å². The van der Waals surface area contributed by atoms with Crippen LogP contribution in [0.3, 0.4) is 0 Å². The van der Waals surface area contributed by atoms with Crippen molar-refractivity contribution in [2.24, 2.45) is 11.8 Å². The molecular formula is C15H18ClNO4. The van der Waals surface area contributed by atoms with Gasteiger partial charge in [-0.1, -0.05) is 24.4 Å². The van der Waals surface area contributed by atoms with E-state index in [4.69, 9.17) is 16.3 Å². The minimum Gasteiger partial charge on any atom is -0.495 e. The summed E-state index contributed by atoms with van der Waals surface area (Å²) in [5, 5.41) is 12.4. The van der Waals surface area contributed by atoms with Crippen molar-refractivity contribution in [3.05, 3.63) is 23.2 Å². The van der Waals surface area contributed by atoms with Crippen LogP contribution in [0.2, 0.25) is 5.02 Å². The Morgan fingerprint density at radius 1 is 1.29 bits per heavy atom. The molecule has 0 heterocycles. The third kappa shape index (κ3) is 3.67. The number of amides is 1. The van der Waals surface area contributed by atoms with Gasteiger partial charge in [-0.25, -0.2) is 0 Å². The quantitative estimate of drug-likeness (QED) is 0.895. The number of carboxylic acids is 1. The van der Waals surface area contributed by atoms with Crippen molar-refractivity contribution >= 4 is 29.2 Å². The van der Waals surface area contributed by atoms with Gasteiger partial charge in [-0.05, 0) is 25.0 Å². The first-order valence-corrected chi connectivity index (χ1v) is 7.28. The molecule has 1 fully saturated rings. The third-order valence-electron chi connectivity index (χ3n) is 3.84. The summed E-state index contributed by atoms with van der Waals surface area (Å²) in [7, 11) is 1.49. The number of hydrogen-bond acceptors (Lipinski definition) is 3. The number of halogens is 1. The number of carboxylic acid groups (broad SMARTS) is 1. The maximum atomic E-state index is 12.3. The fourth-order valence-electron chi connectivity index (χ4n) is 2.71. The van der Waals surface area contributed by atoms with Crippen LogP contribution in [0.1, 0.15) is 25.7 Å². The highest BCUT2D eigenvalue weighted by Crippen LogP contribution is 2.32. The SMILES string of the molecule is COc1cc(NC(=O)C2CCCCC2C(=O)O)ccc1Cl. The highest BCUT2D eigenvalue weighted by molar-refractivity contribution is 6.32. The Labute approximate surface area is 128 Å². The van der Waals surface area contributed by atoms with E-state index in [1.54, 1.807) is 18.2 Å². The van der Waals surface area contributed by atoms with Gasteiger partial charge in [-0.2, -0.15) is 0 Å². The molecule has 114 valence electrons. The predicted molar refractivity (Wildman–Crippen MR) is 79.7 cm³/mol. The molecule has 5 nitrogen and oxygen atoms in total. The number of aliphatic carboxylic acids is 1. The van der Waals surface area contributed by atoms with Gasteiger partial charge in [-0.3, -0.25) is 9.59 Å². The van der Waals surface area contributed by atoms with Crippen molar-refractivity contribution < 1.29 is 19.4 Å². The van der Waals surface area contributed by atoms with Crippen molar-refractivity contribution in [2.45, 2.75) is 25.7 Å². The zero-order chi connectivity index (χ0) is 15.4. The van der Waals surface area contributed by atoms with Gasteiger partial charge >= 0.3 is 5.97 Å². The summed E-state index contributed by atoms with van der Waals surface area (Å²) in [6.45, 7) is 0. The van der Waals surface area contributed by atoms with Crippen LogP contribution < -0.4 is 10.1 Å². The molecule has 0 aromatic heterocycles. The number of nitrogens with one attached hydrogen (secondary N) is 1. The normalized spacial score (nSPS) is 21.6. The Kier molecular flexibility index (Phi) is 5.07. The summed E-state index contributed by atoms with van der Waals surface area (Å²) >= 11 is 5.93. The predicted octanol–water partition coefficient (Wildman–Crippen LogP) is 3.18. The second kappa shape index (κ2) is 6.80. The molecule has 1 aliphatic carbocycles. The number of hydrogen-bond donors (Lipinski definition) is 2. The second-order valence-electron chi connectivity index (χ2n) is 5.17. The third-order valence-corrected chi connectivity index (χ3v) is 4.15. The zero-order valence-electron chi connectivity index (χ0n) is 11.8. The van der Waals surface area contributed by atoms with Crippen LogP contribution in [-0.2, 0) is 9.59 Å². The Bertz CT molecular complexity index is 546. The largest absolute Gasteiger partial charge is 0.495 e. The van der Waals surface area contributed by atoms with E-state index >= 15 is 0 Å². The van der Waals surface area contributed by atoms with Gasteiger partial charge in [0, 0.05) is 11.8 Å². The van der Waals surface area contributed by atoms with Gasteiger partial charge < -0.3 is 15.2 Å². The number of anilines is 1. The van der Waals surface area contributed by atoms with E-state index in [2.05, 4.69) is 5.32 Å². The fourth-order valence-corrected chi connectivity index (χ4v) is 2.91. The molecule has 0 spiro atoms. The topological polar surface area (TPSA) is 75.6 Å². The molecule has 2 N–H and O–H groups in total. The number of rotatable bonds is 4.